The van der Waals surface area contributed by atoms with Gasteiger partial charge in [-0.15, -0.1) is 0 Å². The van der Waals surface area contributed by atoms with E-state index in [4.69, 9.17) is 0 Å². The Morgan fingerprint density at radius 1 is 1.04 bits per heavy atom. The Balaban J connectivity index is 1.50. The van der Waals surface area contributed by atoms with Crippen molar-refractivity contribution in [1.82, 2.24) is 4.90 Å². The number of anilines is 1. The molecule has 1 aliphatic carbocycles. The summed E-state index contributed by atoms with van der Waals surface area (Å²) in [6.45, 7) is 0.269. The summed E-state index contributed by atoms with van der Waals surface area (Å²) in [6.07, 6.45) is 2.55. The van der Waals surface area contributed by atoms with E-state index in [2.05, 4.69) is 24.3 Å². The average Bonchev–Trinajstić information content (AvgIpc) is 3.37. The van der Waals surface area contributed by atoms with Crippen molar-refractivity contribution in [1.29, 1.82) is 0 Å². The van der Waals surface area contributed by atoms with Gasteiger partial charge in [-0.3, -0.25) is 4.79 Å². The molecule has 1 amide bonds. The van der Waals surface area contributed by atoms with Crippen molar-refractivity contribution >= 4 is 32.2 Å². The second-order valence-electron chi connectivity index (χ2n) is 7.48. The SMILES string of the molecule is CN(CC(=O)N(C1CC1)[C@@H]1CCS(=O)(=O)C1)c1ccc2ccccc2c1. The normalized spacial score (nSPS) is 21.7. The lowest BCUT2D eigenvalue weighted by Gasteiger charge is -2.31. The average molecular weight is 372 g/mol. The van der Waals surface area contributed by atoms with Crippen LogP contribution in [0.3, 0.4) is 0 Å². The number of rotatable bonds is 5. The van der Waals surface area contributed by atoms with Crippen molar-refractivity contribution in [2.45, 2.75) is 31.3 Å². The van der Waals surface area contributed by atoms with Crippen LogP contribution in [0.2, 0.25) is 0 Å². The Morgan fingerprint density at radius 3 is 2.42 bits per heavy atom. The van der Waals surface area contributed by atoms with E-state index >= 15 is 0 Å². The summed E-state index contributed by atoms with van der Waals surface area (Å²) >= 11 is 0. The van der Waals surface area contributed by atoms with Crippen LogP contribution in [0.15, 0.2) is 42.5 Å². The van der Waals surface area contributed by atoms with Crippen LogP contribution in [-0.4, -0.2) is 56.4 Å². The lowest BCUT2D eigenvalue weighted by atomic mass is 10.1. The van der Waals surface area contributed by atoms with E-state index in [1.165, 1.54) is 5.39 Å². The molecule has 26 heavy (non-hydrogen) atoms. The Bertz CT molecular complexity index is 937. The molecule has 4 rings (SSSR count). The molecule has 2 aliphatic rings. The fourth-order valence-electron chi connectivity index (χ4n) is 3.84. The fraction of sp³-hybridized carbons (Fsp3) is 0.450. The van der Waals surface area contributed by atoms with Gasteiger partial charge in [0, 0.05) is 24.8 Å². The highest BCUT2D eigenvalue weighted by Crippen LogP contribution is 2.32. The minimum absolute atomic E-state index is 0.0326. The zero-order chi connectivity index (χ0) is 18.3. The van der Waals surface area contributed by atoms with Gasteiger partial charge in [0.1, 0.15) is 0 Å². The molecule has 0 radical (unpaired) electrons. The maximum Gasteiger partial charge on any atom is 0.242 e. The molecule has 1 heterocycles. The molecule has 1 aliphatic heterocycles. The first-order valence-corrected chi connectivity index (χ1v) is 11.0. The molecular weight excluding hydrogens is 348 g/mol. The number of hydrogen-bond donors (Lipinski definition) is 0. The predicted molar refractivity (Wildman–Crippen MR) is 104 cm³/mol. The van der Waals surface area contributed by atoms with E-state index in [1.54, 1.807) is 0 Å². The van der Waals surface area contributed by atoms with Gasteiger partial charge in [0.25, 0.3) is 0 Å². The summed E-state index contributed by atoms with van der Waals surface area (Å²) in [5.74, 6) is 0.356. The molecule has 0 N–H and O–H groups in total. The lowest BCUT2D eigenvalue weighted by molar-refractivity contribution is -0.132. The zero-order valence-corrected chi connectivity index (χ0v) is 15.8. The van der Waals surface area contributed by atoms with Crippen LogP contribution in [0.25, 0.3) is 10.8 Å². The largest absolute Gasteiger partial charge is 0.365 e. The van der Waals surface area contributed by atoms with Crippen LogP contribution in [0.1, 0.15) is 19.3 Å². The van der Waals surface area contributed by atoms with Crippen LogP contribution in [0.4, 0.5) is 5.69 Å². The maximum absolute atomic E-state index is 13.0. The van der Waals surface area contributed by atoms with Gasteiger partial charge in [-0.05, 0) is 42.2 Å². The lowest BCUT2D eigenvalue weighted by Crippen LogP contribution is -2.47. The van der Waals surface area contributed by atoms with Crippen molar-refractivity contribution in [3.63, 3.8) is 0 Å². The second-order valence-corrected chi connectivity index (χ2v) is 9.71. The molecule has 2 fully saturated rings. The first kappa shape index (κ1) is 17.3. The van der Waals surface area contributed by atoms with Gasteiger partial charge in [0.05, 0.1) is 18.1 Å². The van der Waals surface area contributed by atoms with Gasteiger partial charge < -0.3 is 9.80 Å². The molecule has 1 saturated carbocycles. The number of sulfone groups is 1. The molecule has 0 aromatic heterocycles. The highest BCUT2D eigenvalue weighted by Gasteiger charge is 2.42. The maximum atomic E-state index is 13.0. The van der Waals surface area contributed by atoms with Crippen LogP contribution in [-0.2, 0) is 14.6 Å². The molecule has 0 spiro atoms. The quantitative estimate of drug-likeness (QED) is 0.809. The fourth-order valence-corrected chi connectivity index (χ4v) is 5.55. The standard InChI is InChI=1S/C20H24N2O3S/c1-21(18-7-6-15-4-2-3-5-16(15)12-18)13-20(23)22(17-8-9-17)19-10-11-26(24,25)14-19/h2-7,12,17,19H,8-11,13-14H2,1H3/t19-/m1/s1. The third kappa shape index (κ3) is 3.56. The molecule has 1 saturated heterocycles. The Kier molecular flexibility index (Phi) is 4.39. The van der Waals surface area contributed by atoms with E-state index in [-0.39, 0.29) is 36.0 Å². The van der Waals surface area contributed by atoms with Crippen LogP contribution in [0, 0.1) is 0 Å². The molecule has 138 valence electrons. The number of hydrogen-bond acceptors (Lipinski definition) is 4. The molecule has 0 unspecified atom stereocenters. The Labute approximate surface area is 154 Å². The van der Waals surface area contributed by atoms with Gasteiger partial charge in [0.2, 0.25) is 5.91 Å². The molecule has 6 heteroatoms. The van der Waals surface area contributed by atoms with E-state index < -0.39 is 9.84 Å². The topological polar surface area (TPSA) is 57.7 Å². The third-order valence-electron chi connectivity index (χ3n) is 5.38. The summed E-state index contributed by atoms with van der Waals surface area (Å²) in [7, 11) is -1.08. The molecule has 5 nitrogen and oxygen atoms in total. The predicted octanol–water partition coefficient (Wildman–Crippen LogP) is 2.45. The van der Waals surface area contributed by atoms with Crippen molar-refractivity contribution in [2.75, 3.05) is 30.0 Å². The Hall–Kier alpha value is -2.08. The number of carbonyl (C=O) groups excluding carboxylic acids is 1. The molecule has 2 aromatic carbocycles. The highest BCUT2D eigenvalue weighted by molar-refractivity contribution is 7.91. The highest BCUT2D eigenvalue weighted by atomic mass is 32.2. The van der Waals surface area contributed by atoms with Gasteiger partial charge in [-0.25, -0.2) is 8.42 Å². The van der Waals surface area contributed by atoms with E-state index in [1.807, 2.05) is 35.0 Å². The first-order valence-electron chi connectivity index (χ1n) is 9.14. The van der Waals surface area contributed by atoms with Gasteiger partial charge in [-0.1, -0.05) is 30.3 Å². The zero-order valence-electron chi connectivity index (χ0n) is 15.0. The number of nitrogens with zero attached hydrogens (tertiary/aromatic N) is 2. The van der Waals surface area contributed by atoms with E-state index in [0.29, 0.717) is 6.42 Å². The van der Waals surface area contributed by atoms with Crippen LogP contribution >= 0.6 is 0 Å². The number of carbonyl (C=O) groups is 1. The minimum atomic E-state index is -2.99. The molecular formula is C20H24N2O3S. The second kappa shape index (κ2) is 6.58. The molecule has 2 aromatic rings. The van der Waals surface area contributed by atoms with Gasteiger partial charge in [-0.2, -0.15) is 0 Å². The number of likely N-dealkylation sites (N-methyl/N-ethyl adjacent to an activating group) is 1. The van der Waals surface area contributed by atoms with E-state index in [9.17, 15) is 13.2 Å². The van der Waals surface area contributed by atoms with Crippen LogP contribution in [0.5, 0.6) is 0 Å². The minimum Gasteiger partial charge on any atom is -0.365 e. The smallest absolute Gasteiger partial charge is 0.242 e. The monoisotopic (exact) mass is 372 g/mol. The van der Waals surface area contributed by atoms with Gasteiger partial charge in [0.15, 0.2) is 9.84 Å². The number of fused-ring (bicyclic) bond motifs is 1. The van der Waals surface area contributed by atoms with Gasteiger partial charge >= 0.3 is 0 Å². The summed E-state index contributed by atoms with van der Waals surface area (Å²) in [4.78, 5) is 16.8. The number of amides is 1. The first-order chi connectivity index (χ1) is 12.4. The summed E-state index contributed by atoms with van der Waals surface area (Å²) in [5.41, 5.74) is 0.992. The Morgan fingerprint density at radius 2 is 1.77 bits per heavy atom. The van der Waals surface area contributed by atoms with Crippen molar-refractivity contribution in [3.05, 3.63) is 42.5 Å². The van der Waals surface area contributed by atoms with Crippen molar-refractivity contribution in [2.24, 2.45) is 0 Å². The van der Waals surface area contributed by atoms with Crippen LogP contribution < -0.4 is 4.90 Å². The molecule has 0 bridgehead atoms. The summed E-state index contributed by atoms with van der Waals surface area (Å²) < 4.78 is 23.7. The summed E-state index contributed by atoms with van der Waals surface area (Å²) in [6, 6.07) is 14.4. The van der Waals surface area contributed by atoms with Crippen molar-refractivity contribution < 1.29 is 13.2 Å². The number of benzene rings is 2. The van der Waals surface area contributed by atoms with Crippen molar-refractivity contribution in [3.8, 4) is 0 Å². The third-order valence-corrected chi connectivity index (χ3v) is 7.13. The van der Waals surface area contributed by atoms with E-state index in [0.717, 1.165) is 23.9 Å². The summed E-state index contributed by atoms with van der Waals surface area (Å²) in [5, 5.41) is 2.32. The molecule has 1 atom stereocenters.